The Balaban J connectivity index is 2.32. The molecule has 0 saturated carbocycles. The molecule has 0 amide bonds. The van der Waals surface area contributed by atoms with Gasteiger partial charge in [-0.15, -0.1) is 0 Å². The predicted octanol–water partition coefficient (Wildman–Crippen LogP) is 0.453. The van der Waals surface area contributed by atoms with Gasteiger partial charge in [-0.2, -0.15) is 5.10 Å². The molecule has 1 fully saturated rings. The highest BCUT2D eigenvalue weighted by Crippen LogP contribution is 2.30. The van der Waals surface area contributed by atoms with Crippen LogP contribution in [0, 0.1) is 5.92 Å². The molecule has 1 aromatic rings. The number of rotatable bonds is 4. The topological polar surface area (TPSA) is 84.4 Å². The molecule has 0 aliphatic carbocycles. The Morgan fingerprint density at radius 2 is 2.35 bits per heavy atom. The van der Waals surface area contributed by atoms with Gasteiger partial charge in [-0.1, -0.05) is 18.5 Å². The van der Waals surface area contributed by atoms with Crippen LogP contribution in [0.1, 0.15) is 19.8 Å². The standard InChI is InChI=1S/C13H21ClN4O2/c1-9-2-3-17(10(6-9)7-15)11-8-16-18(4-5-19)13(20)12(11)14/h8-10,19H,2-7,15H2,1H3. The van der Waals surface area contributed by atoms with E-state index in [-0.39, 0.29) is 29.8 Å². The second-order valence-corrected chi connectivity index (χ2v) is 5.69. The van der Waals surface area contributed by atoms with Crippen LogP contribution in [0.4, 0.5) is 5.69 Å². The number of aliphatic hydroxyl groups is 1. The van der Waals surface area contributed by atoms with Crippen molar-refractivity contribution in [1.29, 1.82) is 0 Å². The Kier molecular flexibility index (Phi) is 5.01. The van der Waals surface area contributed by atoms with Crippen molar-refractivity contribution in [2.75, 3.05) is 24.6 Å². The normalized spacial score (nSPS) is 23.1. The molecule has 2 atom stereocenters. The third kappa shape index (κ3) is 2.97. The lowest BCUT2D eigenvalue weighted by atomic mass is 9.92. The summed E-state index contributed by atoms with van der Waals surface area (Å²) in [4.78, 5) is 14.2. The molecule has 112 valence electrons. The average molecular weight is 301 g/mol. The molecule has 6 nitrogen and oxygen atoms in total. The number of aromatic nitrogens is 2. The van der Waals surface area contributed by atoms with Crippen LogP contribution in [0.5, 0.6) is 0 Å². The first kappa shape index (κ1) is 15.3. The zero-order valence-corrected chi connectivity index (χ0v) is 12.4. The van der Waals surface area contributed by atoms with Gasteiger partial charge in [-0.05, 0) is 18.8 Å². The zero-order chi connectivity index (χ0) is 14.7. The molecular weight excluding hydrogens is 280 g/mol. The van der Waals surface area contributed by atoms with Gasteiger partial charge in [0.25, 0.3) is 5.56 Å². The Morgan fingerprint density at radius 1 is 1.60 bits per heavy atom. The molecule has 3 N–H and O–H groups in total. The van der Waals surface area contributed by atoms with Crippen molar-refractivity contribution in [3.63, 3.8) is 0 Å². The Labute approximate surface area is 123 Å². The highest BCUT2D eigenvalue weighted by Gasteiger charge is 2.28. The highest BCUT2D eigenvalue weighted by atomic mass is 35.5. The number of piperidine rings is 1. The van der Waals surface area contributed by atoms with E-state index in [1.165, 1.54) is 4.68 Å². The minimum absolute atomic E-state index is 0.144. The summed E-state index contributed by atoms with van der Waals surface area (Å²) < 4.78 is 1.18. The number of halogens is 1. The first-order valence-corrected chi connectivity index (χ1v) is 7.29. The van der Waals surface area contributed by atoms with Crippen LogP contribution in [-0.4, -0.2) is 40.6 Å². The minimum atomic E-state index is -0.368. The van der Waals surface area contributed by atoms with Crippen molar-refractivity contribution in [2.24, 2.45) is 11.7 Å². The average Bonchev–Trinajstić information content (AvgIpc) is 2.45. The molecule has 1 aliphatic rings. The highest BCUT2D eigenvalue weighted by molar-refractivity contribution is 6.33. The van der Waals surface area contributed by atoms with Crippen molar-refractivity contribution >= 4 is 17.3 Å². The molecule has 1 aromatic heterocycles. The Morgan fingerprint density at radius 3 is 3.00 bits per heavy atom. The van der Waals surface area contributed by atoms with Gasteiger partial charge in [0.05, 0.1) is 25.0 Å². The summed E-state index contributed by atoms with van der Waals surface area (Å²) in [6.07, 6.45) is 3.64. The lowest BCUT2D eigenvalue weighted by Gasteiger charge is -2.39. The van der Waals surface area contributed by atoms with Crippen molar-refractivity contribution in [3.05, 3.63) is 21.6 Å². The van der Waals surface area contributed by atoms with Gasteiger partial charge in [-0.25, -0.2) is 4.68 Å². The second kappa shape index (κ2) is 6.56. The number of hydrogen-bond donors (Lipinski definition) is 2. The van der Waals surface area contributed by atoms with Gasteiger partial charge in [0.2, 0.25) is 0 Å². The number of aliphatic hydroxyl groups excluding tert-OH is 1. The van der Waals surface area contributed by atoms with Crippen molar-refractivity contribution in [2.45, 2.75) is 32.4 Å². The summed E-state index contributed by atoms with van der Waals surface area (Å²) in [5, 5.41) is 13.1. The van der Waals surface area contributed by atoms with Crippen LogP contribution < -0.4 is 16.2 Å². The summed E-state index contributed by atoms with van der Waals surface area (Å²) in [5.74, 6) is 0.626. The fraction of sp³-hybridized carbons (Fsp3) is 0.692. The molecule has 2 unspecified atom stereocenters. The molecule has 2 heterocycles. The third-order valence-corrected chi connectivity index (χ3v) is 4.19. The summed E-state index contributed by atoms with van der Waals surface area (Å²) in [6, 6.07) is 0.186. The quantitative estimate of drug-likeness (QED) is 0.843. The first-order valence-electron chi connectivity index (χ1n) is 6.91. The Bertz CT molecular complexity index is 520. The summed E-state index contributed by atoms with van der Waals surface area (Å²) in [6.45, 7) is 3.57. The van der Waals surface area contributed by atoms with E-state index in [1.807, 2.05) is 0 Å². The van der Waals surface area contributed by atoms with Crippen molar-refractivity contribution in [1.82, 2.24) is 9.78 Å². The van der Waals surface area contributed by atoms with Gasteiger partial charge >= 0.3 is 0 Å². The van der Waals surface area contributed by atoms with E-state index < -0.39 is 0 Å². The fourth-order valence-corrected chi connectivity index (χ4v) is 2.96. The summed E-state index contributed by atoms with van der Waals surface area (Å²) in [7, 11) is 0. The third-order valence-electron chi connectivity index (χ3n) is 3.84. The maximum absolute atomic E-state index is 12.1. The van der Waals surface area contributed by atoms with Gasteiger partial charge in [0.15, 0.2) is 0 Å². The van der Waals surface area contributed by atoms with E-state index >= 15 is 0 Å². The van der Waals surface area contributed by atoms with E-state index in [9.17, 15) is 4.79 Å². The van der Waals surface area contributed by atoms with Crippen LogP contribution in [0.25, 0.3) is 0 Å². The molecule has 1 aliphatic heterocycles. The van der Waals surface area contributed by atoms with E-state index in [0.717, 1.165) is 19.4 Å². The number of nitrogens with zero attached hydrogens (tertiary/aromatic N) is 3. The van der Waals surface area contributed by atoms with Crippen molar-refractivity contribution in [3.8, 4) is 0 Å². The molecule has 1 saturated heterocycles. The maximum Gasteiger partial charge on any atom is 0.287 e. The monoisotopic (exact) mass is 300 g/mol. The van der Waals surface area contributed by atoms with E-state index in [2.05, 4.69) is 16.9 Å². The van der Waals surface area contributed by atoms with Gasteiger partial charge in [-0.3, -0.25) is 4.79 Å². The second-order valence-electron chi connectivity index (χ2n) is 5.31. The lowest BCUT2D eigenvalue weighted by Crippen LogP contribution is -2.47. The van der Waals surface area contributed by atoms with Gasteiger partial charge in [0, 0.05) is 19.1 Å². The van der Waals surface area contributed by atoms with Crippen LogP contribution in [0.2, 0.25) is 5.02 Å². The van der Waals surface area contributed by atoms with E-state index in [4.69, 9.17) is 22.4 Å². The molecule has 0 bridgehead atoms. The van der Waals surface area contributed by atoms with Crippen molar-refractivity contribution < 1.29 is 5.11 Å². The van der Waals surface area contributed by atoms with Crippen LogP contribution in [0.3, 0.4) is 0 Å². The summed E-state index contributed by atoms with van der Waals surface area (Å²) in [5.41, 5.74) is 6.12. The molecule has 0 radical (unpaired) electrons. The minimum Gasteiger partial charge on any atom is -0.394 e. The zero-order valence-electron chi connectivity index (χ0n) is 11.6. The largest absolute Gasteiger partial charge is 0.394 e. The Hall–Kier alpha value is -1.11. The molecular formula is C13H21ClN4O2. The number of anilines is 1. The van der Waals surface area contributed by atoms with Crippen LogP contribution in [-0.2, 0) is 6.54 Å². The SMILES string of the molecule is CC1CCN(c2cnn(CCO)c(=O)c2Cl)C(CN)C1. The predicted molar refractivity (Wildman–Crippen MR) is 79.2 cm³/mol. The molecule has 20 heavy (non-hydrogen) atoms. The maximum atomic E-state index is 12.1. The lowest BCUT2D eigenvalue weighted by molar-refractivity contribution is 0.266. The van der Waals surface area contributed by atoms with Gasteiger partial charge in [0.1, 0.15) is 5.02 Å². The van der Waals surface area contributed by atoms with Gasteiger partial charge < -0.3 is 15.7 Å². The number of hydrogen-bond acceptors (Lipinski definition) is 5. The number of nitrogens with two attached hydrogens (primary N) is 1. The van der Waals surface area contributed by atoms with E-state index in [1.54, 1.807) is 6.20 Å². The first-order chi connectivity index (χ1) is 9.58. The smallest absolute Gasteiger partial charge is 0.287 e. The molecule has 7 heteroatoms. The van der Waals surface area contributed by atoms with Crippen LogP contribution >= 0.6 is 11.6 Å². The molecule has 0 spiro atoms. The molecule has 0 aromatic carbocycles. The summed E-state index contributed by atoms with van der Waals surface area (Å²) >= 11 is 6.19. The van der Waals surface area contributed by atoms with Crippen LogP contribution in [0.15, 0.2) is 11.0 Å². The van der Waals surface area contributed by atoms with E-state index in [0.29, 0.717) is 18.2 Å². The fourth-order valence-electron chi connectivity index (χ4n) is 2.70. The molecule has 2 rings (SSSR count).